The number of carbonyl (C=O) groups is 1. The summed E-state index contributed by atoms with van der Waals surface area (Å²) in [6.07, 6.45) is -0.103. The first-order chi connectivity index (χ1) is 9.10. The van der Waals surface area contributed by atoms with Crippen LogP contribution in [0.25, 0.3) is 0 Å². The van der Waals surface area contributed by atoms with Crippen molar-refractivity contribution in [1.82, 2.24) is 4.90 Å². The minimum atomic E-state index is -0.370. The highest BCUT2D eigenvalue weighted by atomic mass is 79.9. The van der Waals surface area contributed by atoms with Crippen LogP contribution in [0.3, 0.4) is 0 Å². The first-order valence-corrected chi connectivity index (χ1v) is 7.20. The molecule has 1 heterocycles. The maximum atomic E-state index is 13.0. The summed E-state index contributed by atoms with van der Waals surface area (Å²) in [6.45, 7) is 5.11. The van der Waals surface area contributed by atoms with Crippen molar-refractivity contribution in [2.75, 3.05) is 26.2 Å². The Morgan fingerprint density at radius 1 is 1.58 bits per heavy atom. The molecule has 5 heteroatoms. The Kier molecular flexibility index (Phi) is 5.07. The second-order valence-corrected chi connectivity index (χ2v) is 5.49. The molecular formula is C14H17BrFNO2. The number of hydrogen-bond donors (Lipinski definition) is 0. The third-order valence-electron chi connectivity index (χ3n) is 3.34. The van der Waals surface area contributed by atoms with Crippen LogP contribution < -0.4 is 0 Å². The van der Waals surface area contributed by atoms with E-state index in [9.17, 15) is 9.18 Å². The van der Waals surface area contributed by atoms with Gasteiger partial charge < -0.3 is 4.74 Å². The van der Waals surface area contributed by atoms with E-state index in [4.69, 9.17) is 4.74 Å². The summed E-state index contributed by atoms with van der Waals surface area (Å²) in [5.74, 6) is -0.264. The number of ether oxygens (including phenoxy) is 1. The molecule has 1 aromatic carbocycles. The van der Waals surface area contributed by atoms with Gasteiger partial charge in [-0.25, -0.2) is 4.39 Å². The Morgan fingerprint density at radius 2 is 2.37 bits per heavy atom. The van der Waals surface area contributed by atoms with E-state index in [1.165, 1.54) is 12.1 Å². The predicted molar refractivity (Wildman–Crippen MR) is 74.7 cm³/mol. The van der Waals surface area contributed by atoms with Gasteiger partial charge in [0.1, 0.15) is 11.9 Å². The zero-order chi connectivity index (χ0) is 13.8. The predicted octanol–water partition coefficient (Wildman–Crippen LogP) is 2.42. The van der Waals surface area contributed by atoms with Crippen LogP contribution in [0.4, 0.5) is 4.39 Å². The average molecular weight is 330 g/mol. The molecule has 3 nitrogen and oxygen atoms in total. The summed E-state index contributed by atoms with van der Waals surface area (Å²) in [5, 5.41) is 0. The molecule has 0 radical (unpaired) electrons. The topological polar surface area (TPSA) is 29.5 Å². The molecule has 1 saturated heterocycles. The SMILES string of the molecule is CCN1CCOC(C(=O)Cc2ccc(F)cc2Br)C1. The highest BCUT2D eigenvalue weighted by Gasteiger charge is 2.26. The quantitative estimate of drug-likeness (QED) is 0.849. The zero-order valence-corrected chi connectivity index (χ0v) is 12.5. The summed E-state index contributed by atoms with van der Waals surface area (Å²) in [4.78, 5) is 14.4. The molecule has 0 bridgehead atoms. The average Bonchev–Trinajstić information content (AvgIpc) is 2.42. The first kappa shape index (κ1) is 14.6. The van der Waals surface area contributed by atoms with Gasteiger partial charge in [0.2, 0.25) is 0 Å². The Morgan fingerprint density at radius 3 is 3.05 bits per heavy atom. The fourth-order valence-electron chi connectivity index (χ4n) is 2.15. The molecule has 1 aliphatic rings. The van der Waals surface area contributed by atoms with Crippen LogP contribution in [0.5, 0.6) is 0 Å². The lowest BCUT2D eigenvalue weighted by Gasteiger charge is -2.31. The van der Waals surface area contributed by atoms with Crippen LogP contribution in [0.2, 0.25) is 0 Å². The van der Waals surface area contributed by atoms with Gasteiger partial charge >= 0.3 is 0 Å². The molecule has 104 valence electrons. The standard InChI is InChI=1S/C14H17BrFNO2/c1-2-17-5-6-19-14(9-17)13(18)7-10-3-4-11(16)8-12(10)15/h3-4,8,14H,2,5-7,9H2,1H3. The molecule has 0 amide bonds. The summed E-state index contributed by atoms with van der Waals surface area (Å²) in [7, 11) is 0. The molecule has 19 heavy (non-hydrogen) atoms. The van der Waals surface area contributed by atoms with Crippen LogP contribution in [-0.4, -0.2) is 43.0 Å². The summed E-state index contributed by atoms with van der Waals surface area (Å²) in [5.41, 5.74) is 0.795. The fourth-order valence-corrected chi connectivity index (χ4v) is 2.64. The molecular weight excluding hydrogens is 313 g/mol. The Balaban J connectivity index is 2.00. The number of morpholine rings is 1. The van der Waals surface area contributed by atoms with Crippen LogP contribution >= 0.6 is 15.9 Å². The van der Waals surface area contributed by atoms with Gasteiger partial charge in [0.15, 0.2) is 5.78 Å². The van der Waals surface area contributed by atoms with Crippen LogP contribution in [0, 0.1) is 5.82 Å². The van der Waals surface area contributed by atoms with E-state index in [-0.39, 0.29) is 24.1 Å². The summed E-state index contributed by atoms with van der Waals surface area (Å²) >= 11 is 3.28. The number of nitrogens with zero attached hydrogens (tertiary/aromatic N) is 1. The second kappa shape index (κ2) is 6.59. The van der Waals surface area contributed by atoms with Gasteiger partial charge in [-0.05, 0) is 24.2 Å². The van der Waals surface area contributed by atoms with Gasteiger partial charge in [0.25, 0.3) is 0 Å². The fraction of sp³-hybridized carbons (Fsp3) is 0.500. The van der Waals surface area contributed by atoms with Crippen molar-refractivity contribution >= 4 is 21.7 Å². The molecule has 0 aliphatic carbocycles. The third-order valence-corrected chi connectivity index (χ3v) is 4.07. The maximum absolute atomic E-state index is 13.0. The zero-order valence-electron chi connectivity index (χ0n) is 10.9. The molecule has 1 aromatic rings. The van der Waals surface area contributed by atoms with E-state index >= 15 is 0 Å². The Labute approximate surface area is 120 Å². The highest BCUT2D eigenvalue weighted by Crippen LogP contribution is 2.20. The maximum Gasteiger partial charge on any atom is 0.167 e. The number of likely N-dealkylation sites (N-methyl/N-ethyl adjacent to an activating group) is 1. The first-order valence-electron chi connectivity index (χ1n) is 6.40. The van der Waals surface area contributed by atoms with Crippen molar-refractivity contribution in [2.24, 2.45) is 0 Å². The molecule has 1 unspecified atom stereocenters. The van der Waals surface area contributed by atoms with E-state index in [2.05, 4.69) is 27.8 Å². The van der Waals surface area contributed by atoms with E-state index in [0.29, 0.717) is 17.6 Å². The largest absolute Gasteiger partial charge is 0.368 e. The van der Waals surface area contributed by atoms with Crippen molar-refractivity contribution < 1.29 is 13.9 Å². The molecule has 2 rings (SSSR count). The minimum Gasteiger partial charge on any atom is -0.368 e. The van der Waals surface area contributed by atoms with Crippen LogP contribution in [-0.2, 0) is 16.0 Å². The van der Waals surface area contributed by atoms with Gasteiger partial charge in [0.05, 0.1) is 6.61 Å². The lowest BCUT2D eigenvalue weighted by atomic mass is 10.0. The number of benzene rings is 1. The van der Waals surface area contributed by atoms with Crippen LogP contribution in [0.1, 0.15) is 12.5 Å². The van der Waals surface area contributed by atoms with E-state index in [1.54, 1.807) is 6.07 Å². The van der Waals surface area contributed by atoms with Crippen LogP contribution in [0.15, 0.2) is 22.7 Å². The number of Topliss-reactive ketones (excluding diaryl/α,β-unsaturated/α-hetero) is 1. The molecule has 1 fully saturated rings. The van der Waals surface area contributed by atoms with Crippen molar-refractivity contribution in [3.05, 3.63) is 34.1 Å². The number of ketones is 1. The van der Waals surface area contributed by atoms with Gasteiger partial charge in [-0.2, -0.15) is 0 Å². The van der Waals surface area contributed by atoms with Crippen molar-refractivity contribution in [1.29, 1.82) is 0 Å². The molecule has 1 atom stereocenters. The van der Waals surface area contributed by atoms with Crippen molar-refractivity contribution in [3.8, 4) is 0 Å². The Bertz CT molecular complexity index is 467. The molecule has 1 aliphatic heterocycles. The molecule has 0 saturated carbocycles. The molecule has 0 spiro atoms. The number of rotatable bonds is 4. The Hall–Kier alpha value is -0.780. The lowest BCUT2D eigenvalue weighted by molar-refractivity contribution is -0.135. The highest BCUT2D eigenvalue weighted by molar-refractivity contribution is 9.10. The smallest absolute Gasteiger partial charge is 0.167 e. The molecule has 0 N–H and O–H groups in total. The van der Waals surface area contributed by atoms with Crippen molar-refractivity contribution in [3.63, 3.8) is 0 Å². The summed E-state index contributed by atoms with van der Waals surface area (Å²) in [6, 6.07) is 4.38. The summed E-state index contributed by atoms with van der Waals surface area (Å²) < 4.78 is 19.1. The number of halogens is 2. The monoisotopic (exact) mass is 329 g/mol. The van der Waals surface area contributed by atoms with Crippen molar-refractivity contribution in [2.45, 2.75) is 19.4 Å². The van der Waals surface area contributed by atoms with Gasteiger partial charge in [0, 0.05) is 24.0 Å². The molecule has 0 aromatic heterocycles. The van der Waals surface area contributed by atoms with E-state index in [0.717, 1.165) is 18.7 Å². The van der Waals surface area contributed by atoms with E-state index in [1.807, 2.05) is 0 Å². The van der Waals surface area contributed by atoms with E-state index < -0.39 is 0 Å². The lowest BCUT2D eigenvalue weighted by Crippen LogP contribution is -2.46. The van der Waals surface area contributed by atoms with Gasteiger partial charge in [-0.15, -0.1) is 0 Å². The van der Waals surface area contributed by atoms with Gasteiger partial charge in [-0.1, -0.05) is 28.9 Å². The number of carbonyl (C=O) groups excluding carboxylic acids is 1. The minimum absolute atomic E-state index is 0.0467. The second-order valence-electron chi connectivity index (χ2n) is 4.63. The normalized spacial score (nSPS) is 20.5. The number of hydrogen-bond acceptors (Lipinski definition) is 3. The van der Waals surface area contributed by atoms with Gasteiger partial charge in [-0.3, -0.25) is 9.69 Å². The third kappa shape index (κ3) is 3.84.